The van der Waals surface area contributed by atoms with Gasteiger partial charge in [0.2, 0.25) is 5.91 Å². The molecule has 114 valence electrons. The molecular weight excluding hydrogens is 262 g/mol. The third-order valence-corrected chi connectivity index (χ3v) is 4.76. The smallest absolute Gasteiger partial charge is 0.236 e. The van der Waals surface area contributed by atoms with Gasteiger partial charge in [0.1, 0.15) is 0 Å². The first-order valence-corrected chi connectivity index (χ1v) is 8.08. The first kappa shape index (κ1) is 14.2. The maximum absolute atomic E-state index is 11.4. The Kier molecular flexibility index (Phi) is 4.04. The van der Waals surface area contributed by atoms with Gasteiger partial charge < -0.3 is 16.0 Å². The molecule has 1 atom stereocenters. The van der Waals surface area contributed by atoms with Gasteiger partial charge in [-0.25, -0.2) is 0 Å². The lowest BCUT2D eigenvalue weighted by atomic mass is 9.98. The molecule has 0 radical (unpaired) electrons. The summed E-state index contributed by atoms with van der Waals surface area (Å²) in [5.41, 5.74) is 9.21. The Balaban J connectivity index is 1.86. The second-order valence-corrected chi connectivity index (χ2v) is 6.46. The lowest BCUT2D eigenvalue weighted by Crippen LogP contribution is -2.40. The molecule has 1 unspecified atom stereocenters. The first-order chi connectivity index (χ1) is 10.1. The standard InChI is InChI=1S/C17H25N3O/c1-12-6-7-13-10-15(8-9-16(13)19-12)20(11-17(18)21)14-4-2-3-5-14/h8-10,12,14,19H,2-7,11H2,1H3,(H2,18,21). The number of rotatable bonds is 4. The van der Waals surface area contributed by atoms with Crippen molar-refractivity contribution >= 4 is 17.3 Å². The molecular formula is C17H25N3O. The Morgan fingerprint density at radius 2 is 2.10 bits per heavy atom. The third-order valence-electron chi connectivity index (χ3n) is 4.76. The van der Waals surface area contributed by atoms with Crippen molar-refractivity contribution in [1.29, 1.82) is 0 Å². The normalized spacial score (nSPS) is 21.7. The van der Waals surface area contributed by atoms with Crippen LogP contribution in [0.2, 0.25) is 0 Å². The van der Waals surface area contributed by atoms with Crippen LogP contribution in [-0.2, 0) is 11.2 Å². The van der Waals surface area contributed by atoms with Crippen LogP contribution in [0.5, 0.6) is 0 Å². The summed E-state index contributed by atoms with van der Waals surface area (Å²) in [5, 5.41) is 3.53. The minimum Gasteiger partial charge on any atom is -0.382 e. The zero-order valence-corrected chi connectivity index (χ0v) is 12.8. The molecule has 2 aliphatic rings. The molecule has 0 aromatic heterocycles. The van der Waals surface area contributed by atoms with Crippen molar-refractivity contribution in [3.8, 4) is 0 Å². The SMILES string of the molecule is CC1CCc2cc(N(CC(N)=O)C3CCCC3)ccc2N1. The zero-order valence-electron chi connectivity index (χ0n) is 12.8. The molecule has 4 nitrogen and oxygen atoms in total. The number of primary amides is 1. The molecule has 0 spiro atoms. The fraction of sp³-hybridized carbons (Fsp3) is 0.588. The zero-order chi connectivity index (χ0) is 14.8. The molecule has 1 saturated carbocycles. The Morgan fingerprint density at radius 3 is 2.81 bits per heavy atom. The van der Waals surface area contributed by atoms with Crippen LogP contribution in [0, 0.1) is 0 Å². The number of benzene rings is 1. The Morgan fingerprint density at radius 1 is 1.33 bits per heavy atom. The van der Waals surface area contributed by atoms with Crippen molar-refractivity contribution in [2.45, 2.75) is 57.5 Å². The van der Waals surface area contributed by atoms with Crippen molar-refractivity contribution in [3.05, 3.63) is 23.8 Å². The third kappa shape index (κ3) is 3.14. The van der Waals surface area contributed by atoms with E-state index in [-0.39, 0.29) is 5.91 Å². The molecule has 21 heavy (non-hydrogen) atoms. The summed E-state index contributed by atoms with van der Waals surface area (Å²) in [7, 11) is 0. The number of nitrogens with one attached hydrogen (secondary N) is 1. The summed E-state index contributed by atoms with van der Waals surface area (Å²) in [6.07, 6.45) is 7.11. The van der Waals surface area contributed by atoms with E-state index >= 15 is 0 Å². The summed E-state index contributed by atoms with van der Waals surface area (Å²) in [6.45, 7) is 2.54. The van der Waals surface area contributed by atoms with Gasteiger partial charge in [0, 0.05) is 23.5 Å². The molecule has 1 fully saturated rings. The lowest BCUT2D eigenvalue weighted by molar-refractivity contribution is -0.116. The fourth-order valence-electron chi connectivity index (χ4n) is 3.63. The number of carbonyl (C=O) groups is 1. The van der Waals surface area contributed by atoms with E-state index in [9.17, 15) is 4.79 Å². The first-order valence-electron chi connectivity index (χ1n) is 8.08. The molecule has 0 saturated heterocycles. The van der Waals surface area contributed by atoms with E-state index in [1.54, 1.807) is 0 Å². The van der Waals surface area contributed by atoms with Crippen LogP contribution in [-0.4, -0.2) is 24.5 Å². The maximum atomic E-state index is 11.4. The van der Waals surface area contributed by atoms with E-state index in [4.69, 9.17) is 5.73 Å². The summed E-state index contributed by atoms with van der Waals surface area (Å²) >= 11 is 0. The van der Waals surface area contributed by atoms with E-state index in [0.29, 0.717) is 18.6 Å². The molecule has 1 aliphatic carbocycles. The number of fused-ring (bicyclic) bond motifs is 1. The number of hydrogen-bond acceptors (Lipinski definition) is 3. The number of amides is 1. The van der Waals surface area contributed by atoms with Crippen molar-refractivity contribution in [2.24, 2.45) is 5.73 Å². The van der Waals surface area contributed by atoms with Crippen molar-refractivity contribution in [1.82, 2.24) is 0 Å². The highest BCUT2D eigenvalue weighted by molar-refractivity contribution is 5.80. The monoisotopic (exact) mass is 287 g/mol. The molecule has 3 N–H and O–H groups in total. The summed E-state index contributed by atoms with van der Waals surface area (Å²) < 4.78 is 0. The fourth-order valence-corrected chi connectivity index (χ4v) is 3.63. The average Bonchev–Trinajstić information content (AvgIpc) is 2.98. The number of carbonyl (C=O) groups excluding carboxylic acids is 1. The van der Waals surface area contributed by atoms with Crippen LogP contribution in [0.25, 0.3) is 0 Å². The second-order valence-electron chi connectivity index (χ2n) is 6.46. The van der Waals surface area contributed by atoms with E-state index in [1.807, 2.05) is 0 Å². The quantitative estimate of drug-likeness (QED) is 0.895. The number of anilines is 2. The molecule has 1 aromatic rings. The largest absolute Gasteiger partial charge is 0.382 e. The van der Waals surface area contributed by atoms with Crippen LogP contribution in [0.3, 0.4) is 0 Å². The maximum Gasteiger partial charge on any atom is 0.236 e. The van der Waals surface area contributed by atoms with Crippen molar-refractivity contribution in [2.75, 3.05) is 16.8 Å². The minimum absolute atomic E-state index is 0.244. The van der Waals surface area contributed by atoms with Crippen LogP contribution in [0.15, 0.2) is 18.2 Å². The highest BCUT2D eigenvalue weighted by Gasteiger charge is 2.25. The summed E-state index contributed by atoms with van der Waals surface area (Å²) in [4.78, 5) is 13.7. The van der Waals surface area contributed by atoms with Crippen molar-refractivity contribution < 1.29 is 4.79 Å². The summed E-state index contributed by atoms with van der Waals surface area (Å²) in [6, 6.07) is 7.54. The van der Waals surface area contributed by atoms with E-state index in [0.717, 1.165) is 18.5 Å². The van der Waals surface area contributed by atoms with Gasteiger partial charge in [0.15, 0.2) is 0 Å². The number of aryl methyl sites for hydroxylation is 1. The molecule has 1 aromatic carbocycles. The van der Waals surface area contributed by atoms with Crippen LogP contribution in [0.4, 0.5) is 11.4 Å². The van der Waals surface area contributed by atoms with Crippen LogP contribution < -0.4 is 16.0 Å². The average molecular weight is 287 g/mol. The highest BCUT2D eigenvalue weighted by Crippen LogP contribution is 2.32. The minimum atomic E-state index is -0.244. The van der Waals surface area contributed by atoms with Gasteiger partial charge in [-0.15, -0.1) is 0 Å². The van der Waals surface area contributed by atoms with Gasteiger partial charge in [0.25, 0.3) is 0 Å². The summed E-state index contributed by atoms with van der Waals surface area (Å²) in [5.74, 6) is -0.244. The lowest BCUT2D eigenvalue weighted by Gasteiger charge is -2.32. The van der Waals surface area contributed by atoms with Crippen LogP contribution in [0.1, 0.15) is 44.6 Å². The van der Waals surface area contributed by atoms with Gasteiger partial charge >= 0.3 is 0 Å². The van der Waals surface area contributed by atoms with Crippen molar-refractivity contribution in [3.63, 3.8) is 0 Å². The molecule has 1 amide bonds. The molecule has 3 rings (SSSR count). The topological polar surface area (TPSA) is 58.4 Å². The van der Waals surface area contributed by atoms with Gasteiger partial charge in [-0.2, -0.15) is 0 Å². The van der Waals surface area contributed by atoms with Gasteiger partial charge in [-0.1, -0.05) is 12.8 Å². The molecule has 4 heteroatoms. The predicted molar refractivity (Wildman–Crippen MR) is 86.6 cm³/mol. The van der Waals surface area contributed by atoms with E-state index < -0.39 is 0 Å². The Bertz CT molecular complexity index is 523. The number of nitrogens with zero attached hydrogens (tertiary/aromatic N) is 1. The van der Waals surface area contributed by atoms with E-state index in [1.165, 1.54) is 36.9 Å². The van der Waals surface area contributed by atoms with Gasteiger partial charge in [-0.05, 0) is 56.4 Å². The number of hydrogen-bond donors (Lipinski definition) is 2. The Hall–Kier alpha value is -1.71. The predicted octanol–water partition coefficient (Wildman–Crippen LogP) is 2.67. The van der Waals surface area contributed by atoms with Gasteiger partial charge in [0.05, 0.1) is 6.54 Å². The van der Waals surface area contributed by atoms with E-state index in [2.05, 4.69) is 35.3 Å². The molecule has 0 bridgehead atoms. The molecule has 1 aliphatic heterocycles. The highest BCUT2D eigenvalue weighted by atomic mass is 16.1. The molecule has 1 heterocycles. The van der Waals surface area contributed by atoms with Crippen LogP contribution >= 0.6 is 0 Å². The second kappa shape index (κ2) is 5.96. The Labute approximate surface area is 126 Å². The van der Waals surface area contributed by atoms with Gasteiger partial charge in [-0.3, -0.25) is 4.79 Å². The number of nitrogens with two attached hydrogens (primary N) is 1.